The summed E-state index contributed by atoms with van der Waals surface area (Å²) >= 11 is 0. The van der Waals surface area contributed by atoms with E-state index in [0.717, 1.165) is 16.5 Å². The number of amides is 1. The number of fused-ring (bicyclic) bond motifs is 1. The predicted molar refractivity (Wildman–Crippen MR) is 162 cm³/mol. The van der Waals surface area contributed by atoms with E-state index < -0.39 is 11.7 Å². The van der Waals surface area contributed by atoms with Gasteiger partial charge in [-0.1, -0.05) is 18.2 Å². The summed E-state index contributed by atoms with van der Waals surface area (Å²) in [7, 11) is 0. The van der Waals surface area contributed by atoms with Gasteiger partial charge in [-0.2, -0.15) is 0 Å². The Balaban J connectivity index is 1.26. The summed E-state index contributed by atoms with van der Waals surface area (Å²) in [4.78, 5) is 35.4. The van der Waals surface area contributed by atoms with Gasteiger partial charge in [0.1, 0.15) is 17.2 Å². The van der Waals surface area contributed by atoms with Crippen LogP contribution in [0.1, 0.15) is 40.9 Å². The number of likely N-dealkylation sites (tertiary alicyclic amines) is 1. The first-order valence-electron chi connectivity index (χ1n) is 14.3. The lowest BCUT2D eigenvalue weighted by Gasteiger charge is -2.31. The van der Waals surface area contributed by atoms with Gasteiger partial charge in [0.25, 0.3) is 11.8 Å². The second kappa shape index (κ2) is 12.3. The lowest BCUT2D eigenvalue weighted by molar-refractivity contribution is -0.114. The number of hydrogen-bond acceptors (Lipinski definition) is 5. The van der Waals surface area contributed by atoms with Gasteiger partial charge in [0.2, 0.25) is 0 Å². The Morgan fingerprint density at radius 3 is 2.52 bits per heavy atom. The Labute approximate surface area is 251 Å². The zero-order valence-electron chi connectivity index (χ0n) is 23.7. The molecule has 0 saturated carbocycles. The minimum atomic E-state index is -2.74. The number of furan rings is 1. The van der Waals surface area contributed by atoms with Gasteiger partial charge in [0.15, 0.2) is 5.78 Å². The molecule has 0 unspecified atom stereocenters. The van der Waals surface area contributed by atoms with Crippen molar-refractivity contribution in [3.05, 3.63) is 114 Å². The summed E-state index contributed by atoms with van der Waals surface area (Å²) in [6, 6.07) is 18.8. The van der Waals surface area contributed by atoms with E-state index >= 15 is 0 Å². The molecule has 1 aliphatic rings. The molecule has 0 radical (unpaired) electrons. The van der Waals surface area contributed by atoms with Crippen LogP contribution in [0.2, 0.25) is 0 Å². The number of aryl methyl sites for hydroxylation is 1. The number of pyridine rings is 2. The number of aromatic nitrogens is 2. The number of piperidine rings is 1. The minimum Gasteiger partial charge on any atom is -0.460 e. The molecule has 1 aliphatic heterocycles. The molecule has 0 aliphatic carbocycles. The van der Waals surface area contributed by atoms with E-state index in [2.05, 4.69) is 9.97 Å². The van der Waals surface area contributed by atoms with Gasteiger partial charge in [-0.25, -0.2) is 13.2 Å². The molecular formula is C35H28F3N3O3. The average Bonchev–Trinajstić information content (AvgIpc) is 3.46. The zero-order valence-corrected chi connectivity index (χ0v) is 23.7. The Morgan fingerprint density at radius 2 is 1.80 bits per heavy atom. The minimum absolute atomic E-state index is 0.00351. The third kappa shape index (κ3) is 6.62. The number of nitrogens with zero attached hydrogens (tertiary/aromatic N) is 3. The highest BCUT2D eigenvalue weighted by Gasteiger charge is 2.35. The van der Waals surface area contributed by atoms with Gasteiger partial charge in [-0.3, -0.25) is 19.6 Å². The third-order valence-electron chi connectivity index (χ3n) is 7.66. The number of rotatable bonds is 8. The molecule has 1 fully saturated rings. The summed E-state index contributed by atoms with van der Waals surface area (Å²) < 4.78 is 47.5. The largest absolute Gasteiger partial charge is 0.460 e. The molecule has 2 aromatic carbocycles. The lowest BCUT2D eigenvalue weighted by atomic mass is 9.98. The van der Waals surface area contributed by atoms with Crippen molar-refractivity contribution >= 4 is 28.7 Å². The van der Waals surface area contributed by atoms with Crippen molar-refractivity contribution in [2.45, 2.75) is 31.6 Å². The molecular weight excluding hydrogens is 567 g/mol. The van der Waals surface area contributed by atoms with Crippen LogP contribution in [0.15, 0.2) is 95.8 Å². The smallest absolute Gasteiger partial charge is 0.255 e. The summed E-state index contributed by atoms with van der Waals surface area (Å²) in [5.41, 5.74) is 4.27. The molecule has 9 heteroatoms. The first-order valence-corrected chi connectivity index (χ1v) is 14.3. The first kappa shape index (κ1) is 29.0. The summed E-state index contributed by atoms with van der Waals surface area (Å²) in [5, 5.41) is 0.756. The lowest BCUT2D eigenvalue weighted by Crippen LogP contribution is -2.42. The van der Waals surface area contributed by atoms with E-state index in [-0.39, 0.29) is 44.0 Å². The van der Waals surface area contributed by atoms with Crippen LogP contribution in [0, 0.1) is 5.82 Å². The second-order valence-electron chi connectivity index (χ2n) is 10.8. The second-order valence-corrected chi connectivity index (χ2v) is 10.8. The van der Waals surface area contributed by atoms with Gasteiger partial charge < -0.3 is 9.32 Å². The van der Waals surface area contributed by atoms with Crippen LogP contribution in [0.4, 0.5) is 13.2 Å². The van der Waals surface area contributed by atoms with Crippen molar-refractivity contribution in [1.82, 2.24) is 14.9 Å². The number of benzene rings is 2. The number of allylic oxidation sites excluding steroid dienone is 1. The molecule has 6 rings (SSSR count). The van der Waals surface area contributed by atoms with E-state index in [9.17, 15) is 22.8 Å². The molecule has 0 N–H and O–H groups in total. The van der Waals surface area contributed by atoms with Gasteiger partial charge in [-0.15, -0.1) is 0 Å². The van der Waals surface area contributed by atoms with Crippen molar-refractivity contribution in [2.24, 2.45) is 0 Å². The number of alkyl halides is 2. The van der Waals surface area contributed by atoms with Gasteiger partial charge in [0.05, 0.1) is 11.3 Å². The van der Waals surface area contributed by atoms with Crippen LogP contribution < -0.4 is 0 Å². The van der Waals surface area contributed by atoms with E-state index in [1.165, 1.54) is 29.3 Å². The third-order valence-corrected chi connectivity index (χ3v) is 7.66. The SMILES string of the molecule is O=C(/C=C/c1cccnc1)CCc1cc2cc(-c3ccc(C(=O)N4CCC(F)(F)CC4)cn3)cc(-c3cccc(F)c3)c2o1. The van der Waals surface area contributed by atoms with Crippen LogP contribution in [0.25, 0.3) is 39.4 Å². The maximum atomic E-state index is 14.2. The number of carbonyl (C=O) groups excluding carboxylic acids is 2. The first-order chi connectivity index (χ1) is 21.2. The number of halogens is 3. The van der Waals surface area contributed by atoms with Crippen molar-refractivity contribution in [1.29, 1.82) is 0 Å². The highest BCUT2D eigenvalue weighted by atomic mass is 19.3. The van der Waals surface area contributed by atoms with Gasteiger partial charge in [-0.05, 0) is 71.8 Å². The van der Waals surface area contributed by atoms with Crippen LogP contribution in [-0.2, 0) is 11.2 Å². The van der Waals surface area contributed by atoms with Crippen molar-refractivity contribution < 1.29 is 27.2 Å². The molecule has 6 nitrogen and oxygen atoms in total. The van der Waals surface area contributed by atoms with Gasteiger partial charge in [0, 0.05) is 73.9 Å². The van der Waals surface area contributed by atoms with E-state index in [1.807, 2.05) is 24.3 Å². The van der Waals surface area contributed by atoms with Crippen LogP contribution >= 0.6 is 0 Å². The maximum Gasteiger partial charge on any atom is 0.255 e. The molecule has 0 bridgehead atoms. The highest BCUT2D eigenvalue weighted by Crippen LogP contribution is 2.36. The molecule has 3 aromatic heterocycles. The maximum absolute atomic E-state index is 14.2. The fraction of sp³-hybridized carbons (Fsp3) is 0.200. The van der Waals surface area contributed by atoms with Crippen molar-refractivity contribution in [2.75, 3.05) is 13.1 Å². The molecule has 44 heavy (non-hydrogen) atoms. The van der Waals surface area contributed by atoms with E-state index in [4.69, 9.17) is 4.42 Å². The molecule has 222 valence electrons. The fourth-order valence-corrected chi connectivity index (χ4v) is 5.25. The van der Waals surface area contributed by atoms with E-state index in [1.54, 1.807) is 48.8 Å². The molecule has 4 heterocycles. The molecule has 1 saturated heterocycles. The van der Waals surface area contributed by atoms with E-state index in [0.29, 0.717) is 40.1 Å². The highest BCUT2D eigenvalue weighted by molar-refractivity contribution is 5.98. The van der Waals surface area contributed by atoms with Gasteiger partial charge >= 0.3 is 0 Å². The zero-order chi connectivity index (χ0) is 30.7. The normalized spacial score (nSPS) is 14.8. The Morgan fingerprint density at radius 1 is 0.955 bits per heavy atom. The summed E-state index contributed by atoms with van der Waals surface area (Å²) in [5.74, 6) is -2.91. The van der Waals surface area contributed by atoms with Crippen molar-refractivity contribution in [3.8, 4) is 22.4 Å². The monoisotopic (exact) mass is 595 g/mol. The topological polar surface area (TPSA) is 76.3 Å². The average molecular weight is 596 g/mol. The summed E-state index contributed by atoms with van der Waals surface area (Å²) in [6.45, 7) is -0.00702. The molecule has 1 amide bonds. The predicted octanol–water partition coefficient (Wildman–Crippen LogP) is 7.78. The Kier molecular flexibility index (Phi) is 8.11. The Bertz CT molecular complexity index is 1840. The summed E-state index contributed by atoms with van der Waals surface area (Å²) in [6.07, 6.45) is 7.95. The number of hydrogen-bond donors (Lipinski definition) is 0. The molecule has 0 spiro atoms. The Hall–Kier alpha value is -5.05. The van der Waals surface area contributed by atoms with Crippen molar-refractivity contribution in [3.63, 3.8) is 0 Å². The quantitative estimate of drug-likeness (QED) is 0.171. The number of ketones is 1. The standard InChI is InChI=1S/C35H28F3N3O3/c36-28-5-1-4-24(18-28)31-20-26(32-11-7-25(22-40-32)34(43)41-15-12-35(37,38)13-16-41)17-27-19-30(44-33(27)31)10-9-29(42)8-6-23-3-2-14-39-21-23/h1-8,11,14,17-22H,9-10,12-13,15-16H2/b8-6+. The number of carbonyl (C=O) groups is 2. The fourth-order valence-electron chi connectivity index (χ4n) is 5.25. The molecule has 0 atom stereocenters. The molecule has 5 aromatic rings. The van der Waals surface area contributed by atoms with Crippen LogP contribution in [0.3, 0.4) is 0 Å². The van der Waals surface area contributed by atoms with Crippen LogP contribution in [-0.4, -0.2) is 45.6 Å². The van der Waals surface area contributed by atoms with Crippen LogP contribution in [0.5, 0.6) is 0 Å².